The highest BCUT2D eigenvalue weighted by molar-refractivity contribution is 7.98. The zero-order valence-corrected chi connectivity index (χ0v) is 19.7. The number of carboxylic acids is 1. The van der Waals surface area contributed by atoms with Gasteiger partial charge in [0.1, 0.15) is 18.1 Å². The van der Waals surface area contributed by atoms with Crippen molar-refractivity contribution in [2.24, 2.45) is 11.7 Å². The van der Waals surface area contributed by atoms with Crippen molar-refractivity contribution in [1.29, 1.82) is 0 Å². The maximum absolute atomic E-state index is 12.8. The zero-order valence-electron chi connectivity index (χ0n) is 18.9. The van der Waals surface area contributed by atoms with Crippen LogP contribution >= 0.6 is 11.8 Å². The number of aliphatic carboxylic acids is 1. The maximum atomic E-state index is 12.8. The first-order valence-corrected chi connectivity index (χ1v) is 11.9. The van der Waals surface area contributed by atoms with Crippen molar-refractivity contribution in [1.82, 2.24) is 25.9 Å². The van der Waals surface area contributed by atoms with Crippen LogP contribution in [0.2, 0.25) is 0 Å². The third kappa shape index (κ3) is 8.87. The van der Waals surface area contributed by atoms with Crippen LogP contribution in [0.3, 0.4) is 0 Å². The quantitative estimate of drug-likeness (QED) is 0.213. The number of nitrogens with zero attached hydrogens (tertiary/aromatic N) is 1. The van der Waals surface area contributed by atoms with Crippen molar-refractivity contribution in [3.8, 4) is 0 Å². The molecule has 0 bridgehead atoms. The van der Waals surface area contributed by atoms with E-state index in [-0.39, 0.29) is 18.8 Å². The molecule has 32 heavy (non-hydrogen) atoms. The number of aromatic amines is 1. The SMILES string of the molecule is CCC(C)C(N)C(=O)NC(C)C(=O)NC(Cc1cnc[nH]1)C(=O)NC(CCSC)C(=O)O. The van der Waals surface area contributed by atoms with Crippen LogP contribution in [0.5, 0.6) is 0 Å². The third-order valence-electron chi connectivity index (χ3n) is 5.15. The summed E-state index contributed by atoms with van der Waals surface area (Å²) in [6.07, 6.45) is 5.80. The van der Waals surface area contributed by atoms with E-state index in [1.54, 1.807) is 0 Å². The summed E-state index contributed by atoms with van der Waals surface area (Å²) in [4.78, 5) is 56.0. The smallest absolute Gasteiger partial charge is 0.326 e. The van der Waals surface area contributed by atoms with E-state index in [1.165, 1.54) is 31.2 Å². The largest absolute Gasteiger partial charge is 0.480 e. The molecule has 5 unspecified atom stereocenters. The Kier molecular flexibility index (Phi) is 11.8. The van der Waals surface area contributed by atoms with E-state index in [0.717, 1.165) is 0 Å². The van der Waals surface area contributed by atoms with Crippen molar-refractivity contribution in [2.45, 2.75) is 64.2 Å². The molecule has 1 heterocycles. The van der Waals surface area contributed by atoms with Gasteiger partial charge in [0.15, 0.2) is 0 Å². The number of thioether (sulfide) groups is 1. The molecule has 0 aromatic carbocycles. The highest BCUT2D eigenvalue weighted by atomic mass is 32.2. The molecule has 0 aliphatic heterocycles. The van der Waals surface area contributed by atoms with E-state index in [4.69, 9.17) is 5.73 Å². The van der Waals surface area contributed by atoms with Crippen molar-refractivity contribution in [3.63, 3.8) is 0 Å². The highest BCUT2D eigenvalue weighted by Crippen LogP contribution is 2.07. The van der Waals surface area contributed by atoms with Gasteiger partial charge in [-0.2, -0.15) is 11.8 Å². The zero-order chi connectivity index (χ0) is 24.3. The second-order valence-corrected chi connectivity index (χ2v) is 8.65. The minimum atomic E-state index is -1.15. The fraction of sp³-hybridized carbons (Fsp3) is 0.650. The van der Waals surface area contributed by atoms with Gasteiger partial charge in [0, 0.05) is 18.3 Å². The average Bonchev–Trinajstić information content (AvgIpc) is 3.27. The number of hydrogen-bond donors (Lipinski definition) is 6. The summed E-state index contributed by atoms with van der Waals surface area (Å²) in [5, 5.41) is 17.0. The number of nitrogens with two attached hydrogens (primary N) is 1. The van der Waals surface area contributed by atoms with Crippen molar-refractivity contribution in [3.05, 3.63) is 18.2 Å². The number of nitrogens with one attached hydrogen (secondary N) is 4. The number of rotatable bonds is 14. The molecule has 180 valence electrons. The maximum Gasteiger partial charge on any atom is 0.326 e. The first-order valence-electron chi connectivity index (χ1n) is 10.5. The lowest BCUT2D eigenvalue weighted by atomic mass is 9.99. The van der Waals surface area contributed by atoms with Crippen LogP contribution in [0.4, 0.5) is 0 Å². The van der Waals surface area contributed by atoms with Gasteiger partial charge >= 0.3 is 5.97 Å². The second kappa shape index (κ2) is 13.7. The van der Waals surface area contributed by atoms with E-state index in [2.05, 4.69) is 25.9 Å². The number of hydrogen-bond acceptors (Lipinski definition) is 7. The Balaban J connectivity index is 2.87. The van der Waals surface area contributed by atoms with E-state index in [9.17, 15) is 24.3 Å². The van der Waals surface area contributed by atoms with Crippen LogP contribution in [-0.4, -0.2) is 74.9 Å². The number of H-pyrrole nitrogens is 1. The summed E-state index contributed by atoms with van der Waals surface area (Å²) in [6, 6.07) is -3.85. The Morgan fingerprint density at radius 2 is 1.78 bits per heavy atom. The van der Waals surface area contributed by atoms with Gasteiger partial charge in [0.25, 0.3) is 0 Å². The molecule has 1 aromatic rings. The first kappa shape index (κ1) is 27.4. The van der Waals surface area contributed by atoms with Gasteiger partial charge < -0.3 is 31.8 Å². The minimum absolute atomic E-state index is 0.0570. The van der Waals surface area contributed by atoms with Crippen LogP contribution < -0.4 is 21.7 Å². The fourth-order valence-electron chi connectivity index (χ4n) is 2.78. The molecule has 0 spiro atoms. The summed E-state index contributed by atoms with van der Waals surface area (Å²) in [5.74, 6) is -2.35. The topological polar surface area (TPSA) is 179 Å². The number of amides is 3. The van der Waals surface area contributed by atoms with E-state index in [0.29, 0.717) is 17.9 Å². The lowest BCUT2D eigenvalue weighted by Crippen LogP contribution is -2.57. The van der Waals surface area contributed by atoms with Crippen LogP contribution in [0.15, 0.2) is 12.5 Å². The number of imidazole rings is 1. The number of carboxylic acid groups (broad SMARTS) is 1. The van der Waals surface area contributed by atoms with Crippen LogP contribution in [0.25, 0.3) is 0 Å². The Labute approximate surface area is 192 Å². The number of carbonyl (C=O) groups is 4. The van der Waals surface area contributed by atoms with Crippen molar-refractivity contribution < 1.29 is 24.3 Å². The van der Waals surface area contributed by atoms with Gasteiger partial charge in [-0.25, -0.2) is 9.78 Å². The van der Waals surface area contributed by atoms with Crippen LogP contribution in [-0.2, 0) is 25.6 Å². The van der Waals surface area contributed by atoms with Crippen molar-refractivity contribution in [2.75, 3.05) is 12.0 Å². The van der Waals surface area contributed by atoms with Gasteiger partial charge in [-0.05, 0) is 31.3 Å². The van der Waals surface area contributed by atoms with Gasteiger partial charge in [-0.3, -0.25) is 14.4 Å². The molecule has 11 nitrogen and oxygen atoms in total. The predicted octanol–water partition coefficient (Wildman–Crippen LogP) is -0.362. The summed E-state index contributed by atoms with van der Waals surface area (Å²) >= 11 is 1.46. The molecular formula is C20H34N6O5S. The summed E-state index contributed by atoms with van der Waals surface area (Å²) in [5.41, 5.74) is 6.49. The monoisotopic (exact) mass is 470 g/mol. The standard InChI is InChI=1S/C20H34N6O5S/c1-5-11(2)16(21)19(29)24-12(3)17(27)26-15(8-13-9-22-10-23-13)18(28)25-14(20(30)31)6-7-32-4/h9-12,14-16H,5-8,21H2,1-4H3,(H,22,23)(H,24,29)(H,25,28)(H,26,27)(H,30,31). The van der Waals surface area contributed by atoms with Crippen LogP contribution in [0, 0.1) is 5.92 Å². The molecule has 1 aromatic heterocycles. The van der Waals surface area contributed by atoms with Crippen molar-refractivity contribution >= 4 is 35.5 Å². The van der Waals surface area contributed by atoms with Gasteiger partial charge in [-0.15, -0.1) is 0 Å². The molecule has 3 amide bonds. The Morgan fingerprint density at radius 1 is 1.12 bits per heavy atom. The predicted molar refractivity (Wildman–Crippen MR) is 122 cm³/mol. The molecule has 0 aliphatic carbocycles. The number of carbonyl (C=O) groups excluding carboxylic acids is 3. The summed E-state index contributed by atoms with van der Waals surface area (Å²) in [7, 11) is 0. The van der Waals surface area contributed by atoms with E-state index in [1.807, 2.05) is 20.1 Å². The Hall–Kier alpha value is -2.60. The normalized spacial score (nSPS) is 15.7. The molecule has 7 N–H and O–H groups in total. The van der Waals surface area contributed by atoms with E-state index >= 15 is 0 Å². The molecule has 0 saturated heterocycles. The second-order valence-electron chi connectivity index (χ2n) is 7.66. The molecule has 12 heteroatoms. The first-order chi connectivity index (χ1) is 15.1. The lowest BCUT2D eigenvalue weighted by Gasteiger charge is -2.24. The van der Waals surface area contributed by atoms with Gasteiger partial charge in [-0.1, -0.05) is 20.3 Å². The molecule has 0 aliphatic rings. The number of aromatic nitrogens is 2. The fourth-order valence-corrected chi connectivity index (χ4v) is 3.25. The van der Waals surface area contributed by atoms with Crippen LogP contribution in [0.1, 0.15) is 39.3 Å². The highest BCUT2D eigenvalue weighted by Gasteiger charge is 2.29. The molecule has 5 atom stereocenters. The average molecular weight is 471 g/mol. The van der Waals surface area contributed by atoms with E-state index < -0.39 is 47.9 Å². The van der Waals surface area contributed by atoms with Gasteiger partial charge in [0.2, 0.25) is 17.7 Å². The minimum Gasteiger partial charge on any atom is -0.480 e. The Bertz CT molecular complexity index is 760. The molecular weight excluding hydrogens is 436 g/mol. The molecule has 0 saturated carbocycles. The summed E-state index contributed by atoms with van der Waals surface area (Å²) in [6.45, 7) is 5.24. The third-order valence-corrected chi connectivity index (χ3v) is 5.79. The van der Waals surface area contributed by atoms with Gasteiger partial charge in [0.05, 0.1) is 12.4 Å². The summed E-state index contributed by atoms with van der Waals surface area (Å²) < 4.78 is 0. The molecule has 0 radical (unpaired) electrons. The Morgan fingerprint density at radius 3 is 2.31 bits per heavy atom. The molecule has 0 fully saturated rings. The lowest BCUT2D eigenvalue weighted by molar-refractivity contribution is -0.142. The molecule has 1 rings (SSSR count).